The third-order valence-electron chi connectivity index (χ3n) is 12.1. The zero-order valence-electron chi connectivity index (χ0n) is 33.7. The largest absolute Gasteiger partial charge is 0.309 e. The van der Waals surface area contributed by atoms with Crippen LogP contribution in [0, 0.1) is 0 Å². The van der Waals surface area contributed by atoms with Crippen LogP contribution in [0.5, 0.6) is 0 Å². The Hall–Kier alpha value is -8.34. The van der Waals surface area contributed by atoms with Crippen LogP contribution >= 0.6 is 0 Å². The number of hydrogen-bond donors (Lipinski definition) is 0. The van der Waals surface area contributed by atoms with E-state index in [1.54, 1.807) is 0 Å². The second-order valence-electron chi connectivity index (χ2n) is 15.8. The Labute approximate surface area is 359 Å². The van der Waals surface area contributed by atoms with Crippen molar-refractivity contribution in [3.8, 4) is 67.5 Å². The van der Waals surface area contributed by atoms with Crippen LogP contribution in [-0.4, -0.2) is 19.1 Å². The molecular weight excluding hydrogens is 753 g/mol. The van der Waals surface area contributed by atoms with Crippen molar-refractivity contribution in [1.82, 2.24) is 19.1 Å². The van der Waals surface area contributed by atoms with Gasteiger partial charge in [-0.2, -0.15) is 0 Å². The Kier molecular flexibility index (Phi) is 8.46. The molecule has 12 aromatic rings. The first-order valence-electron chi connectivity index (χ1n) is 21.1. The molecule has 9 aromatic carbocycles. The molecule has 0 N–H and O–H groups in total. The normalized spacial score (nSPS) is 11.5. The second-order valence-corrected chi connectivity index (χ2v) is 15.8. The van der Waals surface area contributed by atoms with E-state index in [1.165, 1.54) is 49.3 Å². The van der Waals surface area contributed by atoms with E-state index in [9.17, 15) is 0 Å². The Morgan fingerprint density at radius 1 is 0.258 bits per heavy atom. The highest BCUT2D eigenvalue weighted by molar-refractivity contribution is 6.13. The van der Waals surface area contributed by atoms with Gasteiger partial charge in [-0.25, -0.2) is 9.97 Å². The van der Waals surface area contributed by atoms with Gasteiger partial charge in [0.2, 0.25) is 0 Å². The van der Waals surface area contributed by atoms with Crippen molar-refractivity contribution in [2.24, 2.45) is 0 Å². The Morgan fingerprint density at radius 2 is 0.661 bits per heavy atom. The first kappa shape index (κ1) is 35.6. The minimum Gasteiger partial charge on any atom is -0.309 e. The first-order chi connectivity index (χ1) is 30.8. The minimum atomic E-state index is 0.691. The maximum atomic E-state index is 5.40. The van der Waals surface area contributed by atoms with Crippen LogP contribution in [0.3, 0.4) is 0 Å². The van der Waals surface area contributed by atoms with Crippen LogP contribution in [-0.2, 0) is 0 Å². The van der Waals surface area contributed by atoms with Crippen LogP contribution < -0.4 is 0 Å². The van der Waals surface area contributed by atoms with E-state index >= 15 is 0 Å². The number of fused-ring (bicyclic) bond motifs is 6. The topological polar surface area (TPSA) is 35.6 Å². The van der Waals surface area contributed by atoms with Crippen molar-refractivity contribution in [3.05, 3.63) is 231 Å². The maximum Gasteiger partial charge on any atom is 0.160 e. The molecule has 0 fully saturated rings. The molecule has 62 heavy (non-hydrogen) atoms. The van der Waals surface area contributed by atoms with E-state index in [0.29, 0.717) is 5.82 Å². The van der Waals surface area contributed by atoms with E-state index in [1.807, 2.05) is 18.2 Å². The molecule has 0 aliphatic rings. The van der Waals surface area contributed by atoms with Gasteiger partial charge in [0.05, 0.1) is 39.1 Å². The van der Waals surface area contributed by atoms with Gasteiger partial charge in [-0.05, 0) is 70.8 Å². The number of aromatic nitrogens is 4. The van der Waals surface area contributed by atoms with Gasteiger partial charge >= 0.3 is 0 Å². The van der Waals surface area contributed by atoms with E-state index in [4.69, 9.17) is 9.97 Å². The molecule has 0 amide bonds. The third-order valence-corrected chi connectivity index (χ3v) is 12.1. The van der Waals surface area contributed by atoms with E-state index in [2.05, 4.69) is 221 Å². The summed E-state index contributed by atoms with van der Waals surface area (Å²) < 4.78 is 4.78. The van der Waals surface area contributed by atoms with Crippen molar-refractivity contribution in [3.63, 3.8) is 0 Å². The zero-order chi connectivity index (χ0) is 41.0. The molecule has 0 unspecified atom stereocenters. The highest BCUT2D eigenvalue weighted by Crippen LogP contribution is 2.43. The summed E-state index contributed by atoms with van der Waals surface area (Å²) in [6.45, 7) is 0. The highest BCUT2D eigenvalue weighted by Gasteiger charge is 2.24. The summed E-state index contributed by atoms with van der Waals surface area (Å²) in [7, 11) is 0. The summed E-state index contributed by atoms with van der Waals surface area (Å²) in [6, 6.07) is 82.1. The van der Waals surface area contributed by atoms with E-state index < -0.39 is 0 Å². The monoisotopic (exact) mass is 790 g/mol. The molecule has 4 nitrogen and oxygen atoms in total. The summed E-state index contributed by atoms with van der Waals surface area (Å²) in [6.07, 6.45) is 0. The van der Waals surface area contributed by atoms with Crippen LogP contribution in [0.25, 0.3) is 111 Å². The molecule has 3 aromatic heterocycles. The van der Waals surface area contributed by atoms with Gasteiger partial charge in [0.15, 0.2) is 5.82 Å². The quantitative estimate of drug-likeness (QED) is 0.161. The van der Waals surface area contributed by atoms with Gasteiger partial charge in [0.25, 0.3) is 0 Å². The van der Waals surface area contributed by atoms with Gasteiger partial charge < -0.3 is 9.13 Å². The maximum absolute atomic E-state index is 5.40. The first-order valence-corrected chi connectivity index (χ1v) is 21.1. The molecule has 0 bridgehead atoms. The lowest BCUT2D eigenvalue weighted by atomic mass is 10.0. The van der Waals surface area contributed by atoms with Crippen LogP contribution in [0.4, 0.5) is 0 Å². The van der Waals surface area contributed by atoms with Crippen molar-refractivity contribution >= 4 is 43.6 Å². The lowest BCUT2D eigenvalue weighted by molar-refractivity contribution is 1.09. The van der Waals surface area contributed by atoms with Crippen molar-refractivity contribution in [1.29, 1.82) is 0 Å². The standard InChI is InChI=1S/C58H38N4/c1-5-18-39(19-6-1)43-26-17-27-46(36-43)61-51-30-15-13-28-47(51)49-37-44(32-34-53(49)61)45-33-35-54-50(38-45)48-29-14-16-31-52(48)62(54)57-55(40-20-7-2-8-21-40)59-58(42-24-11-4-12-25-42)60-56(57)41-22-9-3-10-23-41/h1-38H. The molecule has 0 spiro atoms. The Morgan fingerprint density at radius 3 is 1.21 bits per heavy atom. The Balaban J connectivity index is 1.07. The lowest BCUT2D eigenvalue weighted by Gasteiger charge is -2.19. The number of hydrogen-bond acceptors (Lipinski definition) is 2. The molecule has 0 aliphatic carbocycles. The molecule has 3 heterocycles. The van der Waals surface area contributed by atoms with Gasteiger partial charge in [-0.15, -0.1) is 0 Å². The van der Waals surface area contributed by atoms with Gasteiger partial charge in [0, 0.05) is 43.9 Å². The molecule has 0 saturated heterocycles. The van der Waals surface area contributed by atoms with Gasteiger partial charge in [0.1, 0.15) is 0 Å². The number of para-hydroxylation sites is 2. The molecular formula is C58H38N4. The minimum absolute atomic E-state index is 0.691. The highest BCUT2D eigenvalue weighted by atomic mass is 15.1. The molecule has 4 heteroatoms. The van der Waals surface area contributed by atoms with Crippen molar-refractivity contribution < 1.29 is 0 Å². The van der Waals surface area contributed by atoms with Gasteiger partial charge in [-0.3, -0.25) is 0 Å². The summed E-state index contributed by atoms with van der Waals surface area (Å²) in [5.41, 5.74) is 16.2. The molecule has 290 valence electrons. The Bertz CT molecular complexity index is 3550. The summed E-state index contributed by atoms with van der Waals surface area (Å²) in [4.78, 5) is 10.8. The van der Waals surface area contributed by atoms with E-state index in [-0.39, 0.29) is 0 Å². The summed E-state index contributed by atoms with van der Waals surface area (Å²) in [5.74, 6) is 0.691. The molecule has 0 aliphatic heterocycles. The number of nitrogens with zero attached hydrogens (tertiary/aromatic N) is 4. The van der Waals surface area contributed by atoms with Crippen molar-refractivity contribution in [2.45, 2.75) is 0 Å². The SMILES string of the molecule is c1ccc(-c2cccc(-n3c4ccccc4c4cc(-c5ccc6c(c5)c5ccccc5n6-c5c(-c6ccccc6)nc(-c6ccccc6)nc5-c5ccccc5)ccc43)c2)cc1. The number of benzene rings is 9. The predicted octanol–water partition coefficient (Wildman–Crippen LogP) is 15.0. The molecule has 12 rings (SSSR count). The average Bonchev–Trinajstić information content (AvgIpc) is 3.87. The molecule has 0 atom stereocenters. The molecule has 0 saturated carbocycles. The van der Waals surface area contributed by atoms with Crippen LogP contribution in [0.15, 0.2) is 231 Å². The summed E-state index contributed by atoms with van der Waals surface area (Å²) >= 11 is 0. The summed E-state index contributed by atoms with van der Waals surface area (Å²) in [5, 5.41) is 4.79. The second kappa shape index (κ2) is 14.7. The van der Waals surface area contributed by atoms with E-state index in [0.717, 1.165) is 56.0 Å². The zero-order valence-corrected chi connectivity index (χ0v) is 33.7. The fraction of sp³-hybridized carbons (Fsp3) is 0. The predicted molar refractivity (Wildman–Crippen MR) is 258 cm³/mol. The lowest BCUT2D eigenvalue weighted by Crippen LogP contribution is -2.06. The number of rotatable bonds is 7. The fourth-order valence-corrected chi connectivity index (χ4v) is 9.26. The van der Waals surface area contributed by atoms with Crippen LogP contribution in [0.1, 0.15) is 0 Å². The molecule has 0 radical (unpaired) electrons. The third kappa shape index (κ3) is 5.92. The van der Waals surface area contributed by atoms with Crippen LogP contribution in [0.2, 0.25) is 0 Å². The fourth-order valence-electron chi connectivity index (χ4n) is 9.26. The van der Waals surface area contributed by atoms with Gasteiger partial charge in [-0.1, -0.05) is 182 Å². The smallest absolute Gasteiger partial charge is 0.160 e. The average molecular weight is 791 g/mol. The van der Waals surface area contributed by atoms with Crippen molar-refractivity contribution in [2.75, 3.05) is 0 Å².